The molecule has 0 amide bonds. The lowest BCUT2D eigenvalue weighted by molar-refractivity contribution is 0.0972. The molecule has 0 aliphatic carbocycles. The summed E-state index contributed by atoms with van der Waals surface area (Å²) in [5, 5.41) is 10.5. The summed E-state index contributed by atoms with van der Waals surface area (Å²) < 4.78 is 5.89. The second-order valence-electron chi connectivity index (χ2n) is 7.49. The van der Waals surface area contributed by atoms with Gasteiger partial charge in [-0.15, -0.1) is 0 Å². The number of rotatable bonds is 6. The van der Waals surface area contributed by atoms with Gasteiger partial charge >= 0.3 is 0 Å². The smallest absolute Gasteiger partial charge is 0.127 e. The molecule has 1 aliphatic rings. The molecule has 1 heterocycles. The first-order valence-corrected chi connectivity index (χ1v) is 10.1. The van der Waals surface area contributed by atoms with E-state index in [4.69, 9.17) is 4.74 Å². The number of benzene rings is 3. The zero-order valence-corrected chi connectivity index (χ0v) is 16.1. The second-order valence-corrected chi connectivity index (χ2v) is 7.49. The van der Waals surface area contributed by atoms with Crippen LogP contribution in [0.1, 0.15) is 36.0 Å². The number of β-amino-alcohol motifs (C(OH)–C–C–N with tert-alkyl or cyclic N) is 1. The average Bonchev–Trinajstić information content (AvgIpc) is 2.76. The maximum absolute atomic E-state index is 10.5. The molecule has 4 rings (SSSR count). The molecule has 3 heteroatoms. The first kappa shape index (κ1) is 18.7. The van der Waals surface area contributed by atoms with Crippen LogP contribution in [-0.4, -0.2) is 29.6 Å². The Bertz CT molecular complexity index is 841. The van der Waals surface area contributed by atoms with E-state index in [1.165, 1.54) is 5.56 Å². The fourth-order valence-electron chi connectivity index (χ4n) is 3.91. The molecule has 0 spiro atoms. The highest BCUT2D eigenvalue weighted by Crippen LogP contribution is 2.31. The van der Waals surface area contributed by atoms with Gasteiger partial charge in [-0.05, 0) is 67.2 Å². The Hall–Kier alpha value is -2.62. The molecule has 1 atom stereocenters. The van der Waals surface area contributed by atoms with E-state index >= 15 is 0 Å². The second kappa shape index (κ2) is 9.05. The van der Waals surface area contributed by atoms with Crippen molar-refractivity contribution >= 4 is 0 Å². The van der Waals surface area contributed by atoms with E-state index in [2.05, 4.69) is 29.2 Å². The average molecular weight is 373 g/mol. The van der Waals surface area contributed by atoms with Crippen LogP contribution in [0.25, 0.3) is 0 Å². The van der Waals surface area contributed by atoms with Crippen molar-refractivity contribution < 1.29 is 9.84 Å². The lowest BCUT2D eigenvalue weighted by Gasteiger charge is -2.33. The van der Waals surface area contributed by atoms with Gasteiger partial charge < -0.3 is 14.7 Å². The van der Waals surface area contributed by atoms with Gasteiger partial charge in [0.25, 0.3) is 0 Å². The molecule has 1 N–H and O–H groups in total. The molecule has 0 bridgehead atoms. The van der Waals surface area contributed by atoms with Crippen molar-refractivity contribution in [3.8, 4) is 11.5 Å². The Balaban J connectivity index is 1.29. The Morgan fingerprint density at radius 1 is 0.786 bits per heavy atom. The summed E-state index contributed by atoms with van der Waals surface area (Å²) in [6, 6.07) is 28.3. The molecule has 3 aromatic rings. The highest BCUT2D eigenvalue weighted by molar-refractivity contribution is 5.34. The van der Waals surface area contributed by atoms with Crippen LogP contribution in [0.3, 0.4) is 0 Å². The number of aliphatic hydroxyl groups is 1. The molecule has 1 unspecified atom stereocenters. The summed E-state index contributed by atoms with van der Waals surface area (Å²) in [7, 11) is 0. The van der Waals surface area contributed by atoms with Crippen molar-refractivity contribution in [2.75, 3.05) is 19.6 Å². The topological polar surface area (TPSA) is 32.7 Å². The van der Waals surface area contributed by atoms with Crippen LogP contribution in [0.2, 0.25) is 0 Å². The van der Waals surface area contributed by atoms with Crippen molar-refractivity contribution in [2.45, 2.75) is 24.9 Å². The zero-order valence-electron chi connectivity index (χ0n) is 16.1. The van der Waals surface area contributed by atoms with Crippen LogP contribution >= 0.6 is 0 Å². The molecule has 1 fully saturated rings. The van der Waals surface area contributed by atoms with Gasteiger partial charge in [-0.2, -0.15) is 0 Å². The molecule has 3 aromatic carbocycles. The summed E-state index contributed by atoms with van der Waals surface area (Å²) in [4.78, 5) is 2.38. The molecule has 144 valence electrons. The standard InChI is InChI=1S/C25H27NO2/c27-25(22-7-3-1-4-8-22)19-26-17-15-21(16-18-26)20-11-13-24(14-12-20)28-23-9-5-2-6-10-23/h1-14,21,25,27H,15-19H2. The van der Waals surface area contributed by atoms with Gasteiger partial charge in [-0.3, -0.25) is 0 Å². The predicted octanol–water partition coefficient (Wildman–Crippen LogP) is 5.39. The quantitative estimate of drug-likeness (QED) is 0.629. The molecule has 3 nitrogen and oxygen atoms in total. The Morgan fingerprint density at radius 3 is 2.00 bits per heavy atom. The third-order valence-corrected chi connectivity index (χ3v) is 5.53. The van der Waals surface area contributed by atoms with Gasteiger partial charge in [0.05, 0.1) is 6.10 Å². The molecule has 0 radical (unpaired) electrons. The summed E-state index contributed by atoms with van der Waals surface area (Å²) in [6.45, 7) is 2.76. The van der Waals surface area contributed by atoms with E-state index in [9.17, 15) is 5.11 Å². The minimum Gasteiger partial charge on any atom is -0.457 e. The van der Waals surface area contributed by atoms with Gasteiger partial charge in [0.15, 0.2) is 0 Å². The van der Waals surface area contributed by atoms with Crippen LogP contribution in [0, 0.1) is 0 Å². The number of likely N-dealkylation sites (tertiary alicyclic amines) is 1. The van der Waals surface area contributed by atoms with E-state index in [1.807, 2.05) is 60.7 Å². The lowest BCUT2D eigenvalue weighted by Crippen LogP contribution is -2.36. The van der Waals surface area contributed by atoms with Crippen molar-refractivity contribution in [2.24, 2.45) is 0 Å². The van der Waals surface area contributed by atoms with Gasteiger partial charge in [0, 0.05) is 6.54 Å². The zero-order chi connectivity index (χ0) is 19.2. The highest BCUT2D eigenvalue weighted by atomic mass is 16.5. The number of ether oxygens (including phenoxy) is 1. The third kappa shape index (κ3) is 4.80. The SMILES string of the molecule is OC(CN1CCC(c2ccc(Oc3ccccc3)cc2)CC1)c1ccccc1. The minimum atomic E-state index is -0.410. The fraction of sp³-hybridized carbons (Fsp3) is 0.280. The molecule has 1 saturated heterocycles. The first-order chi connectivity index (χ1) is 13.8. The van der Waals surface area contributed by atoms with Gasteiger partial charge in [0.2, 0.25) is 0 Å². The number of hydrogen-bond acceptors (Lipinski definition) is 3. The molecule has 28 heavy (non-hydrogen) atoms. The summed E-state index contributed by atoms with van der Waals surface area (Å²) >= 11 is 0. The van der Waals surface area contributed by atoms with Crippen LogP contribution in [0.4, 0.5) is 0 Å². The van der Waals surface area contributed by atoms with Crippen molar-refractivity contribution in [1.82, 2.24) is 4.90 Å². The van der Waals surface area contributed by atoms with Crippen molar-refractivity contribution in [1.29, 1.82) is 0 Å². The highest BCUT2D eigenvalue weighted by Gasteiger charge is 2.22. The Kier molecular flexibility index (Phi) is 6.05. The monoisotopic (exact) mass is 373 g/mol. The van der Waals surface area contributed by atoms with Gasteiger partial charge in [-0.25, -0.2) is 0 Å². The summed E-state index contributed by atoms with van der Waals surface area (Å²) in [5.74, 6) is 2.31. The minimum absolute atomic E-state index is 0.410. The van der Waals surface area contributed by atoms with Crippen LogP contribution in [-0.2, 0) is 0 Å². The van der Waals surface area contributed by atoms with Crippen LogP contribution in [0.15, 0.2) is 84.9 Å². The van der Waals surface area contributed by atoms with Crippen molar-refractivity contribution in [3.63, 3.8) is 0 Å². The Labute approximate surface area is 167 Å². The maximum atomic E-state index is 10.5. The number of hydrogen-bond donors (Lipinski definition) is 1. The third-order valence-electron chi connectivity index (χ3n) is 5.53. The largest absolute Gasteiger partial charge is 0.457 e. The van der Waals surface area contributed by atoms with Crippen LogP contribution < -0.4 is 4.74 Å². The van der Waals surface area contributed by atoms with E-state index in [0.29, 0.717) is 12.5 Å². The van der Waals surface area contributed by atoms with Crippen LogP contribution in [0.5, 0.6) is 11.5 Å². The maximum Gasteiger partial charge on any atom is 0.127 e. The predicted molar refractivity (Wildman–Crippen MR) is 113 cm³/mol. The normalized spacial score (nSPS) is 16.6. The number of nitrogens with zero attached hydrogens (tertiary/aromatic N) is 1. The van der Waals surface area contributed by atoms with E-state index in [0.717, 1.165) is 43.0 Å². The summed E-state index contributed by atoms with van der Waals surface area (Å²) in [6.07, 6.45) is 1.84. The Morgan fingerprint density at radius 2 is 1.36 bits per heavy atom. The molecule has 0 saturated carbocycles. The van der Waals surface area contributed by atoms with Crippen molar-refractivity contribution in [3.05, 3.63) is 96.1 Å². The van der Waals surface area contributed by atoms with Gasteiger partial charge in [0.1, 0.15) is 11.5 Å². The molecular weight excluding hydrogens is 346 g/mol. The first-order valence-electron chi connectivity index (χ1n) is 10.1. The number of piperidine rings is 1. The number of para-hydroxylation sites is 1. The van der Waals surface area contributed by atoms with E-state index in [1.54, 1.807) is 0 Å². The summed E-state index contributed by atoms with van der Waals surface area (Å²) in [5.41, 5.74) is 2.38. The molecular formula is C25H27NO2. The molecule has 0 aromatic heterocycles. The van der Waals surface area contributed by atoms with E-state index in [-0.39, 0.29) is 0 Å². The lowest BCUT2D eigenvalue weighted by atomic mass is 9.89. The number of aliphatic hydroxyl groups excluding tert-OH is 1. The molecule has 1 aliphatic heterocycles. The van der Waals surface area contributed by atoms with Gasteiger partial charge in [-0.1, -0.05) is 60.7 Å². The van der Waals surface area contributed by atoms with E-state index < -0.39 is 6.10 Å². The fourth-order valence-corrected chi connectivity index (χ4v) is 3.91.